The largest absolute Gasteiger partial charge is 0.434 e. The van der Waals surface area contributed by atoms with Gasteiger partial charge in [0.2, 0.25) is 6.33 Å². The topological polar surface area (TPSA) is 108 Å². The van der Waals surface area contributed by atoms with Gasteiger partial charge in [-0.15, -0.1) is 0 Å². The number of nitro groups is 1. The fraction of sp³-hybridized carbons (Fsp3) is 0.118. The molecule has 27 heavy (non-hydrogen) atoms. The lowest BCUT2D eigenvalue weighted by Crippen LogP contribution is -2.26. The molecule has 0 radical (unpaired) electrons. The van der Waals surface area contributed by atoms with Crippen LogP contribution in [0.4, 0.5) is 11.5 Å². The van der Waals surface area contributed by atoms with Crippen LogP contribution in [0.25, 0.3) is 0 Å². The molecule has 0 N–H and O–H groups in total. The highest BCUT2D eigenvalue weighted by Gasteiger charge is 2.23. The van der Waals surface area contributed by atoms with Gasteiger partial charge >= 0.3 is 11.7 Å². The van der Waals surface area contributed by atoms with Crippen LogP contribution in [-0.4, -0.2) is 29.9 Å². The van der Waals surface area contributed by atoms with E-state index in [1.54, 1.807) is 37.4 Å². The maximum Gasteiger partial charge on any atom is 0.427 e. The molecular weight excluding hydrogens is 372 g/mol. The van der Waals surface area contributed by atoms with Crippen LogP contribution in [0, 0.1) is 10.1 Å². The van der Waals surface area contributed by atoms with Gasteiger partial charge in [-0.05, 0) is 46.3 Å². The van der Waals surface area contributed by atoms with Crippen molar-refractivity contribution >= 4 is 21.5 Å². The molecule has 0 saturated carbocycles. The summed E-state index contributed by atoms with van der Waals surface area (Å²) in [5.41, 5.74) is 0.422. The second kappa shape index (κ2) is 7.08. The monoisotopic (exact) mass is 388 g/mol. The first kappa shape index (κ1) is 18.4. The molecule has 0 bridgehead atoms. The number of aromatic nitrogens is 2. The van der Waals surface area contributed by atoms with Crippen LogP contribution < -0.4 is 9.04 Å². The normalized spacial score (nSPS) is 11.2. The Kier molecular flexibility index (Phi) is 4.82. The number of nitrogens with zero attached hydrogens (tertiary/aromatic N) is 4. The summed E-state index contributed by atoms with van der Waals surface area (Å²) < 4.78 is 33.4. The molecule has 0 aliphatic heterocycles. The van der Waals surface area contributed by atoms with Crippen molar-refractivity contribution < 1.29 is 18.1 Å². The summed E-state index contributed by atoms with van der Waals surface area (Å²) >= 11 is 0. The van der Waals surface area contributed by atoms with Crippen molar-refractivity contribution in [2.45, 2.75) is 4.90 Å². The lowest BCUT2D eigenvalue weighted by molar-refractivity contribution is -0.390. The highest BCUT2D eigenvalue weighted by Crippen LogP contribution is 2.31. The van der Waals surface area contributed by atoms with E-state index < -0.39 is 20.8 Å². The van der Waals surface area contributed by atoms with E-state index in [-0.39, 0.29) is 10.8 Å². The molecule has 10 heteroatoms. The van der Waals surface area contributed by atoms with Gasteiger partial charge in [0.05, 0.1) is 10.6 Å². The highest BCUT2D eigenvalue weighted by atomic mass is 32.2. The van der Waals surface area contributed by atoms with Gasteiger partial charge in [-0.3, -0.25) is 8.87 Å². The Balaban J connectivity index is 1.84. The Hall–Kier alpha value is -3.40. The van der Waals surface area contributed by atoms with Crippen molar-refractivity contribution in [2.75, 3.05) is 11.4 Å². The van der Waals surface area contributed by atoms with Crippen molar-refractivity contribution in [1.82, 2.24) is 9.55 Å². The molecule has 0 aliphatic rings. The maximum absolute atomic E-state index is 12.6. The Labute approximate surface area is 155 Å². The lowest BCUT2D eigenvalue weighted by Gasteiger charge is -2.19. The standard InChI is InChI=1S/C17H16N4O5S/c1-19-12-18-16(21(22)23)17(19)26-14-10-8-13(9-11-14)20(2)27(24,25)15-6-4-3-5-7-15/h3-12H,1-2H3. The van der Waals surface area contributed by atoms with Crippen LogP contribution in [0.2, 0.25) is 0 Å². The highest BCUT2D eigenvalue weighted by molar-refractivity contribution is 7.92. The van der Waals surface area contributed by atoms with Crippen molar-refractivity contribution in [1.29, 1.82) is 0 Å². The van der Waals surface area contributed by atoms with E-state index in [1.807, 2.05) is 0 Å². The number of hydrogen-bond acceptors (Lipinski definition) is 6. The summed E-state index contributed by atoms with van der Waals surface area (Å²) in [6.07, 6.45) is 1.28. The molecule has 0 fully saturated rings. The number of aryl methyl sites for hydroxylation is 1. The maximum atomic E-state index is 12.6. The molecule has 2 aromatic carbocycles. The molecule has 1 heterocycles. The summed E-state index contributed by atoms with van der Waals surface area (Å²) in [5.74, 6) is -0.0979. The van der Waals surface area contributed by atoms with Gasteiger partial charge in [-0.25, -0.2) is 8.42 Å². The molecule has 3 aromatic rings. The van der Waals surface area contributed by atoms with E-state index in [9.17, 15) is 18.5 Å². The Bertz CT molecular complexity index is 1060. The zero-order chi connectivity index (χ0) is 19.6. The summed E-state index contributed by atoms with van der Waals surface area (Å²) in [6, 6.07) is 14.2. The van der Waals surface area contributed by atoms with Gasteiger partial charge in [-0.2, -0.15) is 0 Å². The average molecular weight is 388 g/mol. The molecule has 0 aliphatic carbocycles. The SMILES string of the molecule is CN(c1ccc(Oc2c([N+](=O)[O-])ncn2C)cc1)S(=O)(=O)c1ccccc1. The number of sulfonamides is 1. The van der Waals surface area contributed by atoms with Crippen LogP contribution in [-0.2, 0) is 17.1 Å². The number of rotatable bonds is 6. The van der Waals surface area contributed by atoms with E-state index in [2.05, 4.69) is 4.98 Å². The van der Waals surface area contributed by atoms with Crippen molar-refractivity contribution in [3.05, 3.63) is 71.0 Å². The van der Waals surface area contributed by atoms with Gasteiger partial charge in [0.15, 0.2) is 0 Å². The van der Waals surface area contributed by atoms with E-state index in [0.29, 0.717) is 11.4 Å². The summed E-state index contributed by atoms with van der Waals surface area (Å²) in [6.45, 7) is 0. The number of hydrogen-bond donors (Lipinski definition) is 0. The molecule has 0 spiro atoms. The summed E-state index contributed by atoms with van der Waals surface area (Å²) in [7, 11) is -0.669. The van der Waals surface area contributed by atoms with Crippen LogP contribution in [0.15, 0.2) is 65.8 Å². The zero-order valence-corrected chi connectivity index (χ0v) is 15.3. The van der Waals surface area contributed by atoms with Crippen molar-refractivity contribution in [3.8, 4) is 11.6 Å². The van der Waals surface area contributed by atoms with Crippen LogP contribution in [0.1, 0.15) is 0 Å². The van der Waals surface area contributed by atoms with Gasteiger partial charge in [-0.1, -0.05) is 18.2 Å². The van der Waals surface area contributed by atoms with Gasteiger partial charge in [0, 0.05) is 14.1 Å². The van der Waals surface area contributed by atoms with E-state index in [4.69, 9.17) is 4.74 Å². The second-order valence-corrected chi connectivity index (χ2v) is 7.59. The number of imidazole rings is 1. The summed E-state index contributed by atoms with van der Waals surface area (Å²) in [4.78, 5) is 14.2. The van der Waals surface area contributed by atoms with Crippen molar-refractivity contribution in [2.24, 2.45) is 7.05 Å². The van der Waals surface area contributed by atoms with Gasteiger partial charge in [0.1, 0.15) is 5.75 Å². The molecule has 3 rings (SSSR count). The Morgan fingerprint density at radius 1 is 1.11 bits per heavy atom. The predicted molar refractivity (Wildman–Crippen MR) is 98.4 cm³/mol. The number of ether oxygens (including phenoxy) is 1. The molecule has 140 valence electrons. The van der Waals surface area contributed by atoms with Gasteiger partial charge < -0.3 is 14.9 Å². The molecule has 1 aromatic heterocycles. The first-order valence-corrected chi connectivity index (χ1v) is 9.22. The number of anilines is 1. The lowest BCUT2D eigenvalue weighted by atomic mass is 10.3. The van der Waals surface area contributed by atoms with Gasteiger partial charge in [0.25, 0.3) is 10.0 Å². The molecule has 9 nitrogen and oxygen atoms in total. The van der Waals surface area contributed by atoms with E-state index in [0.717, 1.165) is 4.31 Å². The first-order chi connectivity index (χ1) is 12.8. The minimum absolute atomic E-state index is 0.0157. The number of benzene rings is 2. The molecule has 0 atom stereocenters. The summed E-state index contributed by atoms with van der Waals surface area (Å²) in [5, 5.41) is 11.0. The smallest absolute Gasteiger partial charge is 0.427 e. The molecule has 0 saturated heterocycles. The second-order valence-electron chi connectivity index (χ2n) is 5.62. The predicted octanol–water partition coefficient (Wildman–Crippen LogP) is 2.95. The first-order valence-electron chi connectivity index (χ1n) is 7.78. The molecule has 0 unspecified atom stereocenters. The zero-order valence-electron chi connectivity index (χ0n) is 14.5. The third kappa shape index (κ3) is 3.60. The average Bonchev–Trinajstić information content (AvgIpc) is 3.03. The third-order valence-electron chi connectivity index (χ3n) is 3.85. The Morgan fingerprint density at radius 3 is 2.33 bits per heavy atom. The fourth-order valence-electron chi connectivity index (χ4n) is 2.37. The van der Waals surface area contributed by atoms with Crippen molar-refractivity contribution in [3.63, 3.8) is 0 Å². The Morgan fingerprint density at radius 2 is 1.74 bits per heavy atom. The van der Waals surface area contributed by atoms with E-state index >= 15 is 0 Å². The third-order valence-corrected chi connectivity index (χ3v) is 5.65. The van der Waals surface area contributed by atoms with Crippen LogP contribution >= 0.6 is 0 Å². The molecular formula is C17H16N4O5S. The van der Waals surface area contributed by atoms with Crippen LogP contribution in [0.3, 0.4) is 0 Å². The molecule has 0 amide bonds. The van der Waals surface area contributed by atoms with E-state index in [1.165, 1.54) is 42.2 Å². The van der Waals surface area contributed by atoms with Crippen LogP contribution in [0.5, 0.6) is 11.6 Å². The minimum Gasteiger partial charge on any atom is -0.434 e. The quantitative estimate of drug-likeness (QED) is 0.475. The minimum atomic E-state index is -3.69. The fourth-order valence-corrected chi connectivity index (χ4v) is 3.59.